The number of aromatic amines is 1. The minimum absolute atomic E-state index is 0.171. The van der Waals surface area contributed by atoms with E-state index < -0.39 is 0 Å². The maximum absolute atomic E-state index is 14.2. The Morgan fingerprint density at radius 2 is 2.32 bits per heavy atom. The average molecular weight is 274 g/mol. The van der Waals surface area contributed by atoms with Crippen LogP contribution < -0.4 is 0 Å². The lowest BCUT2D eigenvalue weighted by molar-refractivity contribution is 0.622. The van der Waals surface area contributed by atoms with Crippen molar-refractivity contribution in [1.29, 1.82) is 0 Å². The number of aromatic nitrogens is 3. The van der Waals surface area contributed by atoms with Crippen LogP contribution in [-0.2, 0) is 0 Å². The third-order valence-electron chi connectivity index (χ3n) is 3.05. The highest BCUT2D eigenvalue weighted by Gasteiger charge is 2.12. The molecule has 1 aliphatic rings. The van der Waals surface area contributed by atoms with Gasteiger partial charge in [-0.05, 0) is 29.4 Å². The highest BCUT2D eigenvalue weighted by molar-refractivity contribution is 7.99. The van der Waals surface area contributed by atoms with Crippen molar-refractivity contribution in [2.45, 2.75) is 6.42 Å². The fourth-order valence-corrected chi connectivity index (χ4v) is 2.95. The van der Waals surface area contributed by atoms with Gasteiger partial charge in [-0.15, -0.1) is 5.10 Å². The van der Waals surface area contributed by atoms with Gasteiger partial charge in [-0.3, -0.25) is 5.10 Å². The number of H-pyrrole nitrogens is 1. The summed E-state index contributed by atoms with van der Waals surface area (Å²) < 4.78 is 14.2. The first-order valence-electron chi connectivity index (χ1n) is 6.11. The van der Waals surface area contributed by atoms with E-state index in [1.165, 1.54) is 0 Å². The minimum Gasteiger partial charge on any atom is -0.265 e. The van der Waals surface area contributed by atoms with Crippen LogP contribution in [0.25, 0.3) is 5.57 Å². The highest BCUT2D eigenvalue weighted by atomic mass is 32.2. The van der Waals surface area contributed by atoms with Gasteiger partial charge in [-0.25, -0.2) is 4.39 Å². The summed E-state index contributed by atoms with van der Waals surface area (Å²) in [7, 11) is 0. The van der Waals surface area contributed by atoms with Crippen LogP contribution in [0.2, 0.25) is 0 Å². The van der Waals surface area contributed by atoms with Crippen molar-refractivity contribution in [3.8, 4) is 0 Å². The van der Waals surface area contributed by atoms with E-state index in [9.17, 15) is 4.39 Å². The van der Waals surface area contributed by atoms with Crippen molar-refractivity contribution >= 4 is 17.3 Å². The fraction of sp³-hybridized carbons (Fsp3) is 0.214. The zero-order chi connectivity index (χ0) is 13.1. The standard InChI is InChI=1S/C14H13FN3S/c15-14-8-10(7-12-9-16-18-17-12)1-2-13(14)11-3-5-19-6-4-11/h1-3,7-9H,4-6H2,(H,16,17,18). The first-order valence-corrected chi connectivity index (χ1v) is 7.26. The monoisotopic (exact) mass is 274 g/mol. The predicted molar refractivity (Wildman–Crippen MR) is 75.2 cm³/mol. The second kappa shape index (κ2) is 5.57. The van der Waals surface area contributed by atoms with E-state index in [4.69, 9.17) is 0 Å². The van der Waals surface area contributed by atoms with E-state index in [0.29, 0.717) is 5.69 Å². The lowest BCUT2D eigenvalue weighted by Gasteiger charge is -2.14. The summed E-state index contributed by atoms with van der Waals surface area (Å²) in [5, 5.41) is 10.1. The SMILES string of the molecule is Fc1cc([CH]c2c[nH]nn2)ccc1C1=CCSCC1. The summed E-state index contributed by atoms with van der Waals surface area (Å²) in [6.07, 6.45) is 6.52. The molecule has 1 N–H and O–H groups in total. The number of benzene rings is 1. The molecule has 0 fully saturated rings. The van der Waals surface area contributed by atoms with Crippen LogP contribution in [-0.4, -0.2) is 26.9 Å². The molecule has 3 nitrogen and oxygen atoms in total. The Morgan fingerprint density at radius 3 is 3.00 bits per heavy atom. The molecule has 2 heterocycles. The number of thioether (sulfide) groups is 1. The maximum atomic E-state index is 14.2. The van der Waals surface area contributed by atoms with Crippen molar-refractivity contribution in [2.24, 2.45) is 0 Å². The quantitative estimate of drug-likeness (QED) is 0.935. The number of hydrogen-bond acceptors (Lipinski definition) is 3. The van der Waals surface area contributed by atoms with Crippen LogP contribution in [0.3, 0.4) is 0 Å². The van der Waals surface area contributed by atoms with Gasteiger partial charge in [0, 0.05) is 23.9 Å². The smallest absolute Gasteiger partial charge is 0.130 e. The van der Waals surface area contributed by atoms with Crippen LogP contribution in [0.1, 0.15) is 23.2 Å². The zero-order valence-electron chi connectivity index (χ0n) is 10.3. The summed E-state index contributed by atoms with van der Waals surface area (Å²) >= 11 is 1.88. The number of rotatable bonds is 3. The molecule has 0 aliphatic carbocycles. The molecule has 19 heavy (non-hydrogen) atoms. The average Bonchev–Trinajstić information content (AvgIpc) is 2.93. The predicted octanol–water partition coefficient (Wildman–Crippen LogP) is 3.06. The van der Waals surface area contributed by atoms with E-state index in [0.717, 1.165) is 34.6 Å². The molecule has 0 bridgehead atoms. The number of hydrogen-bond donors (Lipinski definition) is 1. The highest BCUT2D eigenvalue weighted by Crippen LogP contribution is 2.28. The lowest BCUT2D eigenvalue weighted by atomic mass is 9.99. The van der Waals surface area contributed by atoms with Crippen molar-refractivity contribution < 1.29 is 4.39 Å². The molecule has 1 aliphatic heterocycles. The number of nitrogens with one attached hydrogen (secondary N) is 1. The van der Waals surface area contributed by atoms with Crippen molar-refractivity contribution in [1.82, 2.24) is 15.4 Å². The normalized spacial score (nSPS) is 15.3. The largest absolute Gasteiger partial charge is 0.265 e. The van der Waals surface area contributed by atoms with E-state index in [1.807, 2.05) is 23.9 Å². The van der Waals surface area contributed by atoms with Gasteiger partial charge in [0.15, 0.2) is 0 Å². The molecule has 1 aromatic carbocycles. The first kappa shape index (κ1) is 12.4. The van der Waals surface area contributed by atoms with Gasteiger partial charge in [-0.1, -0.05) is 23.4 Å². The summed E-state index contributed by atoms with van der Waals surface area (Å²) in [4.78, 5) is 0. The molecule has 0 spiro atoms. The third-order valence-corrected chi connectivity index (χ3v) is 3.95. The zero-order valence-corrected chi connectivity index (χ0v) is 11.1. The van der Waals surface area contributed by atoms with Gasteiger partial charge in [0.05, 0.1) is 5.69 Å². The van der Waals surface area contributed by atoms with Crippen LogP contribution in [0.5, 0.6) is 0 Å². The maximum Gasteiger partial charge on any atom is 0.130 e. The van der Waals surface area contributed by atoms with E-state index in [1.54, 1.807) is 18.7 Å². The van der Waals surface area contributed by atoms with Gasteiger partial charge in [-0.2, -0.15) is 11.8 Å². The lowest BCUT2D eigenvalue weighted by Crippen LogP contribution is -1.99. The summed E-state index contributed by atoms with van der Waals surface area (Å²) in [5.74, 6) is 1.87. The van der Waals surface area contributed by atoms with Crippen LogP contribution in [0, 0.1) is 12.2 Å². The van der Waals surface area contributed by atoms with Crippen LogP contribution in [0.4, 0.5) is 4.39 Å². The van der Waals surface area contributed by atoms with Crippen molar-refractivity contribution in [3.05, 3.63) is 59.5 Å². The van der Waals surface area contributed by atoms with E-state index >= 15 is 0 Å². The fourth-order valence-electron chi connectivity index (χ4n) is 2.10. The second-order valence-electron chi connectivity index (χ2n) is 4.34. The molecule has 0 atom stereocenters. The molecular formula is C14H13FN3S. The molecule has 97 valence electrons. The van der Waals surface area contributed by atoms with E-state index in [2.05, 4.69) is 21.5 Å². The van der Waals surface area contributed by atoms with Gasteiger partial charge < -0.3 is 0 Å². The summed E-state index contributed by atoms with van der Waals surface area (Å²) in [6, 6.07) is 5.31. The minimum atomic E-state index is -0.171. The molecule has 5 heteroatoms. The Morgan fingerprint density at radius 1 is 1.37 bits per heavy atom. The van der Waals surface area contributed by atoms with E-state index in [-0.39, 0.29) is 5.82 Å². The van der Waals surface area contributed by atoms with Crippen LogP contribution >= 0.6 is 11.8 Å². The summed E-state index contributed by atoms with van der Waals surface area (Å²) in [6.45, 7) is 0. The van der Waals surface area contributed by atoms with Crippen molar-refractivity contribution in [2.75, 3.05) is 11.5 Å². The molecular weight excluding hydrogens is 261 g/mol. The molecule has 0 unspecified atom stereocenters. The molecule has 0 amide bonds. The molecule has 1 radical (unpaired) electrons. The van der Waals surface area contributed by atoms with Gasteiger partial charge in [0.1, 0.15) is 5.82 Å². The molecule has 1 aromatic heterocycles. The Balaban J connectivity index is 1.83. The van der Waals surface area contributed by atoms with Gasteiger partial charge in [0.25, 0.3) is 0 Å². The molecule has 2 aromatic rings. The number of halogens is 1. The Hall–Kier alpha value is -1.62. The Labute approximate surface area is 115 Å². The topological polar surface area (TPSA) is 41.6 Å². The Bertz CT molecular complexity index is 593. The number of nitrogens with zero attached hydrogens (tertiary/aromatic N) is 2. The summed E-state index contributed by atoms with van der Waals surface area (Å²) in [5.41, 5.74) is 3.32. The molecule has 0 saturated heterocycles. The van der Waals surface area contributed by atoms with Gasteiger partial charge in [0.2, 0.25) is 0 Å². The van der Waals surface area contributed by atoms with Crippen molar-refractivity contribution in [3.63, 3.8) is 0 Å². The molecule has 0 saturated carbocycles. The van der Waals surface area contributed by atoms with Gasteiger partial charge >= 0.3 is 0 Å². The Kier molecular flexibility index (Phi) is 3.64. The second-order valence-corrected chi connectivity index (χ2v) is 5.49. The van der Waals surface area contributed by atoms with Crippen LogP contribution in [0.15, 0.2) is 30.5 Å². The number of allylic oxidation sites excluding steroid dienone is 1. The molecule has 3 rings (SSSR count). The first-order chi connectivity index (χ1) is 9.33. The third kappa shape index (κ3) is 2.87.